The molecule has 1 fully saturated rings. The maximum atomic E-state index is 11.1. The molecule has 0 aromatic rings. The fourth-order valence-corrected chi connectivity index (χ4v) is 1.80. The van der Waals surface area contributed by atoms with Crippen molar-refractivity contribution in [2.45, 2.75) is 45.6 Å². The molecule has 0 aromatic carbocycles. The summed E-state index contributed by atoms with van der Waals surface area (Å²) in [5.74, 6) is -0.689. The van der Waals surface area contributed by atoms with Crippen molar-refractivity contribution in [3.63, 3.8) is 0 Å². The van der Waals surface area contributed by atoms with E-state index in [1.807, 2.05) is 13.8 Å². The lowest BCUT2D eigenvalue weighted by Gasteiger charge is -2.24. The fraction of sp³-hybridized carbons (Fsp3) is 0.900. The van der Waals surface area contributed by atoms with E-state index in [2.05, 4.69) is 0 Å². The average Bonchev–Trinajstić information content (AvgIpc) is 2.50. The summed E-state index contributed by atoms with van der Waals surface area (Å²) in [6.07, 6.45) is 3.71. The smallest absolute Gasteiger partial charge is 0.311 e. The van der Waals surface area contributed by atoms with E-state index in [0.29, 0.717) is 6.61 Å². The molecular formula is C10H18O3. The van der Waals surface area contributed by atoms with Crippen LogP contribution in [0.15, 0.2) is 0 Å². The van der Waals surface area contributed by atoms with Crippen LogP contribution >= 0.6 is 0 Å². The zero-order valence-electron chi connectivity index (χ0n) is 8.38. The first-order chi connectivity index (χ1) is 6.07. The van der Waals surface area contributed by atoms with Crippen LogP contribution in [0.25, 0.3) is 0 Å². The maximum Gasteiger partial charge on any atom is 0.311 e. The molecule has 13 heavy (non-hydrogen) atoms. The first-order valence-corrected chi connectivity index (χ1v) is 4.92. The summed E-state index contributed by atoms with van der Waals surface area (Å²) < 4.78 is 5.41. The Morgan fingerprint density at radius 3 is 2.38 bits per heavy atom. The van der Waals surface area contributed by atoms with E-state index in [9.17, 15) is 4.79 Å². The number of hydrogen-bond acceptors (Lipinski definition) is 2. The van der Waals surface area contributed by atoms with Gasteiger partial charge in [0.05, 0.1) is 18.1 Å². The van der Waals surface area contributed by atoms with Gasteiger partial charge >= 0.3 is 5.97 Å². The monoisotopic (exact) mass is 186 g/mol. The number of hydrogen-bond donors (Lipinski definition) is 1. The second kappa shape index (κ2) is 4.09. The molecule has 0 spiro atoms. The molecule has 0 atom stereocenters. The van der Waals surface area contributed by atoms with Gasteiger partial charge in [-0.1, -0.05) is 12.8 Å². The quantitative estimate of drug-likeness (QED) is 0.731. The molecular weight excluding hydrogens is 168 g/mol. The number of ether oxygens (including phenoxy) is 1. The zero-order chi connectivity index (χ0) is 9.90. The van der Waals surface area contributed by atoms with Gasteiger partial charge in [0.25, 0.3) is 0 Å². The first-order valence-electron chi connectivity index (χ1n) is 4.92. The number of carboxylic acid groups (broad SMARTS) is 1. The van der Waals surface area contributed by atoms with E-state index in [0.717, 1.165) is 25.7 Å². The lowest BCUT2D eigenvalue weighted by Crippen LogP contribution is -2.34. The molecule has 0 bridgehead atoms. The van der Waals surface area contributed by atoms with Crippen LogP contribution in [-0.4, -0.2) is 23.8 Å². The zero-order valence-corrected chi connectivity index (χ0v) is 8.38. The van der Waals surface area contributed by atoms with E-state index in [1.165, 1.54) is 0 Å². The lowest BCUT2D eigenvalue weighted by molar-refractivity contribution is -0.153. The summed E-state index contributed by atoms with van der Waals surface area (Å²) in [6.45, 7) is 4.25. The first kappa shape index (κ1) is 10.5. The van der Waals surface area contributed by atoms with E-state index in [4.69, 9.17) is 9.84 Å². The Balaban J connectivity index is 2.52. The van der Waals surface area contributed by atoms with Gasteiger partial charge in [0, 0.05) is 0 Å². The van der Waals surface area contributed by atoms with Crippen molar-refractivity contribution < 1.29 is 14.6 Å². The van der Waals surface area contributed by atoms with Crippen LogP contribution in [0.1, 0.15) is 39.5 Å². The normalized spacial score (nSPS) is 20.8. The second-order valence-corrected chi connectivity index (χ2v) is 4.15. The van der Waals surface area contributed by atoms with Crippen LogP contribution in [-0.2, 0) is 9.53 Å². The van der Waals surface area contributed by atoms with Crippen LogP contribution in [0, 0.1) is 5.41 Å². The molecule has 0 radical (unpaired) electrons. The van der Waals surface area contributed by atoms with E-state index >= 15 is 0 Å². The van der Waals surface area contributed by atoms with Crippen LogP contribution in [0.3, 0.4) is 0 Å². The molecule has 1 aliphatic rings. The fourth-order valence-electron chi connectivity index (χ4n) is 1.80. The highest BCUT2D eigenvalue weighted by molar-refractivity contribution is 5.75. The molecule has 76 valence electrons. The number of carbonyl (C=O) groups is 1. The van der Waals surface area contributed by atoms with Gasteiger partial charge in [-0.3, -0.25) is 4.79 Å². The minimum absolute atomic E-state index is 0.122. The van der Waals surface area contributed by atoms with Gasteiger partial charge in [-0.25, -0.2) is 0 Å². The molecule has 0 unspecified atom stereocenters. The van der Waals surface area contributed by atoms with Gasteiger partial charge in [0.2, 0.25) is 0 Å². The number of rotatable bonds is 4. The van der Waals surface area contributed by atoms with Crippen molar-refractivity contribution in [3.8, 4) is 0 Å². The topological polar surface area (TPSA) is 46.5 Å². The highest BCUT2D eigenvalue weighted by Crippen LogP contribution is 2.38. The number of aliphatic carboxylic acids is 1. The Morgan fingerprint density at radius 2 is 2.00 bits per heavy atom. The summed E-state index contributed by atoms with van der Waals surface area (Å²) >= 11 is 0. The molecule has 0 amide bonds. The molecule has 0 heterocycles. The molecule has 1 N–H and O–H groups in total. The van der Waals surface area contributed by atoms with Crippen LogP contribution in [0.2, 0.25) is 0 Å². The lowest BCUT2D eigenvalue weighted by atomic mass is 9.87. The standard InChI is InChI=1S/C10H18O3/c1-8(2)13-7-10(9(11)12)5-3-4-6-10/h8H,3-7H2,1-2H3,(H,11,12). The third-order valence-corrected chi connectivity index (χ3v) is 2.71. The summed E-state index contributed by atoms with van der Waals surface area (Å²) in [4.78, 5) is 11.1. The van der Waals surface area contributed by atoms with Crippen LogP contribution in [0.5, 0.6) is 0 Å². The third kappa shape index (κ3) is 2.44. The summed E-state index contributed by atoms with van der Waals surface area (Å²) in [7, 11) is 0. The Morgan fingerprint density at radius 1 is 1.46 bits per heavy atom. The molecule has 0 aliphatic heterocycles. The van der Waals surface area contributed by atoms with Crippen molar-refractivity contribution in [1.82, 2.24) is 0 Å². The Bertz CT molecular complexity index is 181. The van der Waals surface area contributed by atoms with Crippen molar-refractivity contribution in [3.05, 3.63) is 0 Å². The van der Waals surface area contributed by atoms with Gasteiger partial charge in [0.15, 0.2) is 0 Å². The molecule has 1 rings (SSSR count). The highest BCUT2D eigenvalue weighted by Gasteiger charge is 2.41. The van der Waals surface area contributed by atoms with Crippen molar-refractivity contribution in [2.75, 3.05) is 6.61 Å². The van der Waals surface area contributed by atoms with E-state index in [1.54, 1.807) is 0 Å². The molecule has 1 saturated carbocycles. The summed E-state index contributed by atoms with van der Waals surface area (Å²) in [5.41, 5.74) is -0.579. The SMILES string of the molecule is CC(C)OCC1(C(=O)O)CCCC1. The van der Waals surface area contributed by atoms with E-state index < -0.39 is 11.4 Å². The molecule has 3 nitrogen and oxygen atoms in total. The Labute approximate surface area is 79.1 Å². The van der Waals surface area contributed by atoms with Gasteiger partial charge in [-0.2, -0.15) is 0 Å². The second-order valence-electron chi connectivity index (χ2n) is 4.15. The largest absolute Gasteiger partial charge is 0.481 e. The average molecular weight is 186 g/mol. The summed E-state index contributed by atoms with van der Waals surface area (Å²) in [6, 6.07) is 0. The minimum Gasteiger partial charge on any atom is -0.481 e. The van der Waals surface area contributed by atoms with Crippen molar-refractivity contribution in [2.24, 2.45) is 5.41 Å². The minimum atomic E-state index is -0.689. The Kier molecular flexibility index (Phi) is 3.31. The van der Waals surface area contributed by atoms with Crippen molar-refractivity contribution >= 4 is 5.97 Å². The summed E-state index contributed by atoms with van der Waals surface area (Å²) in [5, 5.41) is 9.10. The van der Waals surface area contributed by atoms with Crippen LogP contribution in [0.4, 0.5) is 0 Å². The molecule has 0 saturated heterocycles. The maximum absolute atomic E-state index is 11.1. The molecule has 1 aliphatic carbocycles. The van der Waals surface area contributed by atoms with E-state index in [-0.39, 0.29) is 6.10 Å². The van der Waals surface area contributed by atoms with Gasteiger partial charge in [0.1, 0.15) is 0 Å². The highest BCUT2D eigenvalue weighted by atomic mass is 16.5. The number of carboxylic acids is 1. The predicted octanol–water partition coefficient (Wildman–Crippen LogP) is 2.06. The predicted molar refractivity (Wildman–Crippen MR) is 49.6 cm³/mol. The molecule has 3 heteroatoms. The Hall–Kier alpha value is -0.570. The molecule has 0 aromatic heterocycles. The van der Waals surface area contributed by atoms with Crippen molar-refractivity contribution in [1.29, 1.82) is 0 Å². The van der Waals surface area contributed by atoms with Gasteiger partial charge < -0.3 is 9.84 Å². The van der Waals surface area contributed by atoms with Crippen LogP contribution < -0.4 is 0 Å². The third-order valence-electron chi connectivity index (χ3n) is 2.71. The van der Waals surface area contributed by atoms with Gasteiger partial charge in [-0.05, 0) is 26.7 Å². The van der Waals surface area contributed by atoms with Gasteiger partial charge in [-0.15, -0.1) is 0 Å².